The maximum Gasteiger partial charge on any atom is 0.269 e. The van der Waals surface area contributed by atoms with Gasteiger partial charge in [0.15, 0.2) is 11.6 Å². The van der Waals surface area contributed by atoms with Crippen molar-refractivity contribution in [3.8, 4) is 11.5 Å². The number of anilines is 5. The van der Waals surface area contributed by atoms with E-state index in [0.29, 0.717) is 28.6 Å². The largest absolute Gasteiger partial charge is 0.457 e. The third-order valence-corrected chi connectivity index (χ3v) is 5.58. The number of aromatic nitrogens is 3. The molecule has 0 radical (unpaired) electrons. The van der Waals surface area contributed by atoms with Crippen molar-refractivity contribution in [2.24, 2.45) is 0 Å². The minimum Gasteiger partial charge on any atom is -0.457 e. The van der Waals surface area contributed by atoms with Gasteiger partial charge < -0.3 is 25.6 Å². The smallest absolute Gasteiger partial charge is 0.269 e. The number of nitrogens with one attached hydrogen (secondary N) is 3. The molecule has 3 N–H and O–H groups in total. The van der Waals surface area contributed by atoms with Crippen LogP contribution < -0.4 is 25.6 Å². The summed E-state index contributed by atoms with van der Waals surface area (Å²) >= 11 is 0. The highest BCUT2D eigenvalue weighted by atomic mass is 19.1. The lowest BCUT2D eigenvalue weighted by molar-refractivity contribution is -0.111. The summed E-state index contributed by atoms with van der Waals surface area (Å²) in [6.45, 7) is 7.27. The van der Waals surface area contributed by atoms with E-state index in [2.05, 4.69) is 37.5 Å². The molecule has 0 aliphatic rings. The summed E-state index contributed by atoms with van der Waals surface area (Å²) in [5, 5.41) is 8.32. The van der Waals surface area contributed by atoms with Crippen molar-refractivity contribution in [3.05, 3.63) is 97.2 Å². The van der Waals surface area contributed by atoms with Gasteiger partial charge in [0.2, 0.25) is 11.9 Å². The van der Waals surface area contributed by atoms with Gasteiger partial charge in [0.05, 0.1) is 6.20 Å². The molecular weight excluding hydrogens is 513 g/mol. The van der Waals surface area contributed by atoms with Crippen LogP contribution in [0.3, 0.4) is 0 Å². The van der Waals surface area contributed by atoms with Crippen LogP contribution in [0, 0.1) is 5.82 Å². The van der Waals surface area contributed by atoms with Crippen LogP contribution in [0.2, 0.25) is 0 Å². The Labute approximate surface area is 231 Å². The van der Waals surface area contributed by atoms with Crippen molar-refractivity contribution >= 4 is 40.6 Å². The van der Waals surface area contributed by atoms with E-state index in [1.54, 1.807) is 65.6 Å². The van der Waals surface area contributed by atoms with Gasteiger partial charge in [-0.05, 0) is 68.5 Å². The zero-order valence-corrected chi connectivity index (χ0v) is 22.2. The summed E-state index contributed by atoms with van der Waals surface area (Å²) < 4.78 is 20.8. The molecule has 0 aliphatic carbocycles. The standard InChI is InChI=1S/C29H28FN7O3/c1-5-26(38)34-20-7-6-8-21(15-20)37(18(2)3)27-24(30)17-33-29(36-27)35-19-9-11-22(12-10-19)40-23-13-14-32-25(16-23)28(39)31-4/h5-18H,1H2,2-4H3,(H,31,39)(H,34,38)(H,33,35,36). The highest BCUT2D eigenvalue weighted by Crippen LogP contribution is 2.31. The zero-order valence-electron chi connectivity index (χ0n) is 22.2. The minimum atomic E-state index is -0.600. The molecule has 0 saturated heterocycles. The molecule has 2 aromatic carbocycles. The van der Waals surface area contributed by atoms with E-state index in [9.17, 15) is 9.59 Å². The van der Waals surface area contributed by atoms with E-state index in [1.165, 1.54) is 19.3 Å². The Hall–Kier alpha value is -5.32. The number of hydrogen-bond donors (Lipinski definition) is 3. The Morgan fingerprint density at radius 1 is 1.02 bits per heavy atom. The number of rotatable bonds is 10. The average Bonchev–Trinajstić information content (AvgIpc) is 2.95. The number of ether oxygens (including phenoxy) is 1. The molecule has 10 nitrogen and oxygen atoms in total. The minimum absolute atomic E-state index is 0.0734. The summed E-state index contributed by atoms with van der Waals surface area (Å²) in [5.41, 5.74) is 2.07. The normalized spacial score (nSPS) is 10.5. The molecule has 0 fully saturated rings. The topological polar surface area (TPSA) is 121 Å². The second-order valence-electron chi connectivity index (χ2n) is 8.78. The van der Waals surface area contributed by atoms with Crippen LogP contribution >= 0.6 is 0 Å². The molecule has 0 saturated carbocycles. The molecule has 40 heavy (non-hydrogen) atoms. The summed E-state index contributed by atoms with van der Waals surface area (Å²) in [6, 6.07) is 17.0. The molecule has 0 unspecified atom stereocenters. The number of pyridine rings is 1. The van der Waals surface area contributed by atoms with Gasteiger partial charge in [0.25, 0.3) is 5.91 Å². The first-order valence-corrected chi connectivity index (χ1v) is 12.4. The van der Waals surface area contributed by atoms with Crippen LogP contribution in [0.5, 0.6) is 11.5 Å². The van der Waals surface area contributed by atoms with Crippen molar-refractivity contribution in [1.82, 2.24) is 20.3 Å². The maximum absolute atomic E-state index is 15.0. The highest BCUT2D eigenvalue weighted by molar-refractivity contribution is 5.99. The van der Waals surface area contributed by atoms with Crippen molar-refractivity contribution < 1.29 is 18.7 Å². The SMILES string of the molecule is C=CC(=O)Nc1cccc(N(c2nc(Nc3ccc(Oc4ccnc(C(=O)NC)c4)cc3)ncc2F)C(C)C)c1. The fraction of sp³-hybridized carbons (Fsp3) is 0.138. The third kappa shape index (κ3) is 6.76. The van der Waals surface area contributed by atoms with Gasteiger partial charge in [0.1, 0.15) is 17.2 Å². The Bertz CT molecular complexity index is 1530. The molecule has 2 amide bonds. The van der Waals surface area contributed by atoms with Gasteiger partial charge in [0, 0.05) is 42.4 Å². The molecule has 4 aromatic rings. The maximum atomic E-state index is 15.0. The first kappa shape index (κ1) is 27.7. The van der Waals surface area contributed by atoms with Gasteiger partial charge in [-0.3, -0.25) is 14.6 Å². The number of benzene rings is 2. The molecule has 0 spiro atoms. The lowest BCUT2D eigenvalue weighted by atomic mass is 10.2. The molecule has 204 valence electrons. The number of halogens is 1. The van der Waals surface area contributed by atoms with Crippen molar-refractivity contribution in [2.75, 3.05) is 22.6 Å². The third-order valence-electron chi connectivity index (χ3n) is 5.58. The average molecular weight is 542 g/mol. The van der Waals surface area contributed by atoms with E-state index in [1.807, 2.05) is 13.8 Å². The number of amides is 2. The zero-order chi connectivity index (χ0) is 28.6. The van der Waals surface area contributed by atoms with Crippen LogP contribution in [0.25, 0.3) is 0 Å². The molecule has 2 heterocycles. The van der Waals surface area contributed by atoms with Gasteiger partial charge in [-0.1, -0.05) is 12.6 Å². The van der Waals surface area contributed by atoms with Gasteiger partial charge >= 0.3 is 0 Å². The lowest BCUT2D eigenvalue weighted by Gasteiger charge is -2.28. The highest BCUT2D eigenvalue weighted by Gasteiger charge is 2.21. The monoisotopic (exact) mass is 541 g/mol. The predicted molar refractivity (Wildman–Crippen MR) is 152 cm³/mol. The van der Waals surface area contributed by atoms with E-state index < -0.39 is 5.82 Å². The fourth-order valence-corrected chi connectivity index (χ4v) is 3.78. The first-order valence-electron chi connectivity index (χ1n) is 12.4. The number of carbonyl (C=O) groups is 2. The Morgan fingerprint density at radius 2 is 1.80 bits per heavy atom. The van der Waals surface area contributed by atoms with Gasteiger partial charge in [-0.15, -0.1) is 0 Å². The molecule has 0 atom stereocenters. The van der Waals surface area contributed by atoms with E-state index >= 15 is 4.39 Å². The lowest BCUT2D eigenvalue weighted by Crippen LogP contribution is -2.28. The summed E-state index contributed by atoms with van der Waals surface area (Å²) in [6.07, 6.45) is 3.78. The van der Waals surface area contributed by atoms with Crippen LogP contribution in [0.1, 0.15) is 24.3 Å². The first-order chi connectivity index (χ1) is 19.3. The summed E-state index contributed by atoms with van der Waals surface area (Å²) in [5.74, 6) is 0.000515. The van der Waals surface area contributed by atoms with Crippen LogP contribution in [0.15, 0.2) is 85.7 Å². The fourth-order valence-electron chi connectivity index (χ4n) is 3.78. The van der Waals surface area contributed by atoms with E-state index in [4.69, 9.17) is 4.74 Å². The van der Waals surface area contributed by atoms with Gasteiger partial charge in [-0.2, -0.15) is 4.98 Å². The number of nitrogens with zero attached hydrogens (tertiary/aromatic N) is 4. The number of hydrogen-bond acceptors (Lipinski definition) is 8. The van der Waals surface area contributed by atoms with E-state index in [-0.39, 0.29) is 35.3 Å². The van der Waals surface area contributed by atoms with Crippen molar-refractivity contribution in [1.29, 1.82) is 0 Å². The quantitative estimate of drug-likeness (QED) is 0.223. The Balaban J connectivity index is 1.53. The molecule has 4 rings (SSSR count). The predicted octanol–water partition coefficient (Wildman–Crippen LogP) is 5.58. The van der Waals surface area contributed by atoms with Crippen LogP contribution in [-0.4, -0.2) is 39.9 Å². The summed E-state index contributed by atoms with van der Waals surface area (Å²) in [4.78, 5) is 37.8. The molecule has 11 heteroatoms. The Morgan fingerprint density at radius 3 is 2.50 bits per heavy atom. The second kappa shape index (κ2) is 12.5. The summed E-state index contributed by atoms with van der Waals surface area (Å²) in [7, 11) is 1.53. The van der Waals surface area contributed by atoms with E-state index in [0.717, 1.165) is 6.20 Å². The van der Waals surface area contributed by atoms with Crippen molar-refractivity contribution in [3.63, 3.8) is 0 Å². The molecule has 2 aromatic heterocycles. The van der Waals surface area contributed by atoms with Crippen molar-refractivity contribution in [2.45, 2.75) is 19.9 Å². The molecular formula is C29H28FN7O3. The van der Waals surface area contributed by atoms with Crippen LogP contribution in [0.4, 0.5) is 33.2 Å². The molecule has 0 bridgehead atoms. The second-order valence-corrected chi connectivity index (χ2v) is 8.78. The van der Waals surface area contributed by atoms with Crippen LogP contribution in [-0.2, 0) is 4.79 Å². The van der Waals surface area contributed by atoms with Gasteiger partial charge in [-0.25, -0.2) is 9.37 Å². The Kier molecular flexibility index (Phi) is 8.65. The number of carbonyl (C=O) groups excluding carboxylic acids is 2. The molecule has 0 aliphatic heterocycles.